The van der Waals surface area contributed by atoms with Crippen molar-refractivity contribution >= 4 is 27.3 Å². The first-order valence-corrected chi connectivity index (χ1v) is 6.59. The zero-order valence-electron chi connectivity index (χ0n) is 8.64. The van der Waals surface area contributed by atoms with Gasteiger partial charge in [-0.05, 0) is 24.6 Å². The van der Waals surface area contributed by atoms with E-state index in [-0.39, 0.29) is 6.42 Å². The van der Waals surface area contributed by atoms with Crippen molar-refractivity contribution in [1.29, 1.82) is 5.26 Å². The van der Waals surface area contributed by atoms with Crippen LogP contribution in [0.2, 0.25) is 5.02 Å². The average Bonchev–Trinajstić information content (AvgIpc) is 2.18. The van der Waals surface area contributed by atoms with Crippen LogP contribution in [-0.2, 0) is 10.0 Å². The van der Waals surface area contributed by atoms with Gasteiger partial charge in [-0.15, -0.1) is 0 Å². The van der Waals surface area contributed by atoms with Gasteiger partial charge in [0.1, 0.15) is 0 Å². The lowest BCUT2D eigenvalue weighted by Crippen LogP contribution is -2.25. The minimum absolute atomic E-state index is 0.242. The molecule has 1 atom stereocenters. The lowest BCUT2D eigenvalue weighted by molar-refractivity contribution is 0.593. The van der Waals surface area contributed by atoms with Crippen LogP contribution in [-0.4, -0.2) is 13.7 Å². The second-order valence-electron chi connectivity index (χ2n) is 3.18. The molecule has 0 fully saturated rings. The van der Waals surface area contributed by atoms with Gasteiger partial charge in [0.2, 0.25) is 10.0 Å². The van der Waals surface area contributed by atoms with Gasteiger partial charge in [-0.1, -0.05) is 24.6 Å². The largest absolute Gasteiger partial charge is 0.282 e. The average molecular weight is 259 g/mol. The Morgan fingerprint density at radius 1 is 1.56 bits per heavy atom. The molecule has 0 heterocycles. The molecule has 0 aliphatic rings. The fourth-order valence-corrected chi connectivity index (χ4v) is 2.53. The molecule has 16 heavy (non-hydrogen) atoms. The molecular formula is C10H11ClN2O2S. The Morgan fingerprint density at radius 3 is 2.75 bits per heavy atom. The molecular weight excluding hydrogens is 248 g/mol. The normalized spacial score (nSPS) is 12.8. The standard InChI is InChI=1S/C10H11ClN2O2S/c1-2-10(7-12)16(14,15)13-9-5-3-4-8(11)6-9/h3-6,10,13H,2H2,1H3. The van der Waals surface area contributed by atoms with Gasteiger partial charge >= 0.3 is 0 Å². The van der Waals surface area contributed by atoms with E-state index in [2.05, 4.69) is 4.72 Å². The summed E-state index contributed by atoms with van der Waals surface area (Å²) in [7, 11) is -3.66. The Bertz CT molecular complexity index is 508. The molecule has 1 N–H and O–H groups in total. The molecule has 0 amide bonds. The molecule has 0 aliphatic heterocycles. The molecule has 0 aromatic heterocycles. The summed E-state index contributed by atoms with van der Waals surface area (Å²) in [6.07, 6.45) is 0.242. The summed E-state index contributed by atoms with van der Waals surface area (Å²) in [5.41, 5.74) is 0.362. The van der Waals surface area contributed by atoms with Gasteiger partial charge < -0.3 is 0 Å². The summed E-state index contributed by atoms with van der Waals surface area (Å²) >= 11 is 5.72. The zero-order chi connectivity index (χ0) is 12.2. The van der Waals surface area contributed by atoms with Crippen LogP contribution in [0.15, 0.2) is 24.3 Å². The molecule has 0 saturated carbocycles. The fraction of sp³-hybridized carbons (Fsp3) is 0.300. The Labute approximate surface area is 99.9 Å². The highest BCUT2D eigenvalue weighted by Crippen LogP contribution is 2.18. The first-order valence-electron chi connectivity index (χ1n) is 4.66. The van der Waals surface area contributed by atoms with E-state index in [9.17, 15) is 8.42 Å². The Morgan fingerprint density at radius 2 is 2.25 bits per heavy atom. The van der Waals surface area contributed by atoms with Crippen molar-refractivity contribution in [2.24, 2.45) is 0 Å². The smallest absolute Gasteiger partial charge is 0.249 e. The number of nitrogens with zero attached hydrogens (tertiary/aromatic N) is 1. The second-order valence-corrected chi connectivity index (χ2v) is 5.48. The molecule has 1 rings (SSSR count). The molecule has 86 valence electrons. The van der Waals surface area contributed by atoms with E-state index >= 15 is 0 Å². The third-order valence-electron chi connectivity index (χ3n) is 1.97. The third kappa shape index (κ3) is 3.12. The molecule has 0 bridgehead atoms. The van der Waals surface area contributed by atoms with Crippen LogP contribution in [0.25, 0.3) is 0 Å². The van der Waals surface area contributed by atoms with Crippen molar-refractivity contribution in [1.82, 2.24) is 0 Å². The Hall–Kier alpha value is -1.25. The highest BCUT2D eigenvalue weighted by atomic mass is 35.5. The lowest BCUT2D eigenvalue weighted by atomic mass is 10.3. The zero-order valence-corrected chi connectivity index (χ0v) is 10.2. The number of nitriles is 1. The van der Waals surface area contributed by atoms with Gasteiger partial charge in [0.15, 0.2) is 5.25 Å². The van der Waals surface area contributed by atoms with E-state index < -0.39 is 15.3 Å². The van der Waals surface area contributed by atoms with Gasteiger partial charge in [-0.25, -0.2) is 8.42 Å². The molecule has 1 aromatic rings. The van der Waals surface area contributed by atoms with Gasteiger partial charge in [-0.3, -0.25) is 4.72 Å². The Balaban J connectivity index is 2.94. The predicted molar refractivity (Wildman–Crippen MR) is 63.7 cm³/mol. The van der Waals surface area contributed by atoms with Gasteiger partial charge in [0.05, 0.1) is 6.07 Å². The number of anilines is 1. The van der Waals surface area contributed by atoms with Gasteiger partial charge in [-0.2, -0.15) is 5.26 Å². The van der Waals surface area contributed by atoms with Crippen LogP contribution in [0.1, 0.15) is 13.3 Å². The number of sulfonamides is 1. The van der Waals surface area contributed by atoms with Gasteiger partial charge in [0, 0.05) is 10.7 Å². The van der Waals surface area contributed by atoms with Crippen molar-refractivity contribution in [3.8, 4) is 6.07 Å². The van der Waals surface area contributed by atoms with E-state index in [1.165, 1.54) is 6.07 Å². The number of benzene rings is 1. The third-order valence-corrected chi connectivity index (χ3v) is 3.92. The number of halogens is 1. The minimum atomic E-state index is -3.66. The predicted octanol–water partition coefficient (Wildman–Crippen LogP) is 2.38. The number of nitrogens with one attached hydrogen (secondary N) is 1. The Kier molecular flexibility index (Phi) is 4.16. The maximum absolute atomic E-state index is 11.7. The van der Waals surface area contributed by atoms with E-state index in [1.807, 2.05) is 0 Å². The number of rotatable bonds is 4. The molecule has 0 spiro atoms. The van der Waals surface area contributed by atoms with Gasteiger partial charge in [0.25, 0.3) is 0 Å². The van der Waals surface area contributed by atoms with Crippen molar-refractivity contribution in [2.75, 3.05) is 4.72 Å². The summed E-state index contributed by atoms with van der Waals surface area (Å²) in [5.74, 6) is 0. The second kappa shape index (κ2) is 5.19. The van der Waals surface area contributed by atoms with Crippen LogP contribution in [0.3, 0.4) is 0 Å². The molecule has 0 saturated heterocycles. The van der Waals surface area contributed by atoms with Crippen LogP contribution in [0.4, 0.5) is 5.69 Å². The first-order chi connectivity index (χ1) is 7.49. The van der Waals surface area contributed by atoms with Crippen LogP contribution < -0.4 is 4.72 Å². The van der Waals surface area contributed by atoms with Crippen LogP contribution >= 0.6 is 11.6 Å². The maximum atomic E-state index is 11.7. The highest BCUT2D eigenvalue weighted by molar-refractivity contribution is 7.93. The van der Waals surface area contributed by atoms with E-state index in [4.69, 9.17) is 16.9 Å². The number of hydrogen-bond acceptors (Lipinski definition) is 3. The van der Waals surface area contributed by atoms with Crippen molar-refractivity contribution in [3.63, 3.8) is 0 Å². The van der Waals surface area contributed by atoms with Crippen LogP contribution in [0, 0.1) is 11.3 Å². The topological polar surface area (TPSA) is 70.0 Å². The number of hydrogen-bond donors (Lipinski definition) is 1. The van der Waals surface area contributed by atoms with Crippen molar-refractivity contribution in [2.45, 2.75) is 18.6 Å². The SMILES string of the molecule is CCC(C#N)S(=O)(=O)Nc1cccc(Cl)c1. The molecule has 0 radical (unpaired) electrons. The molecule has 1 aromatic carbocycles. The minimum Gasteiger partial charge on any atom is -0.282 e. The van der Waals surface area contributed by atoms with Crippen molar-refractivity contribution < 1.29 is 8.42 Å². The molecule has 4 nitrogen and oxygen atoms in total. The fourth-order valence-electron chi connectivity index (χ4n) is 1.17. The molecule has 6 heteroatoms. The van der Waals surface area contributed by atoms with Crippen molar-refractivity contribution in [3.05, 3.63) is 29.3 Å². The summed E-state index contributed by atoms with van der Waals surface area (Å²) in [6, 6.07) is 8.08. The summed E-state index contributed by atoms with van der Waals surface area (Å²) in [4.78, 5) is 0. The monoisotopic (exact) mass is 258 g/mol. The summed E-state index contributed by atoms with van der Waals surface area (Å²) in [5, 5.41) is 8.08. The summed E-state index contributed by atoms with van der Waals surface area (Å²) in [6.45, 7) is 1.64. The van der Waals surface area contributed by atoms with E-state index in [1.54, 1.807) is 31.2 Å². The highest BCUT2D eigenvalue weighted by Gasteiger charge is 2.23. The maximum Gasteiger partial charge on any atom is 0.249 e. The van der Waals surface area contributed by atoms with E-state index in [0.717, 1.165) is 0 Å². The molecule has 1 unspecified atom stereocenters. The van der Waals surface area contributed by atoms with Crippen LogP contribution in [0.5, 0.6) is 0 Å². The van der Waals surface area contributed by atoms with E-state index in [0.29, 0.717) is 10.7 Å². The molecule has 0 aliphatic carbocycles. The first kappa shape index (κ1) is 12.8. The summed E-state index contributed by atoms with van der Waals surface area (Å²) < 4.78 is 25.7. The quantitative estimate of drug-likeness (QED) is 0.901. The lowest BCUT2D eigenvalue weighted by Gasteiger charge is -2.11.